The second-order valence-corrected chi connectivity index (χ2v) is 8.22. The third-order valence-electron chi connectivity index (χ3n) is 6.09. The number of nitrogens with zero attached hydrogens (tertiary/aromatic N) is 6. The molecule has 2 aromatic heterocycles. The average molecular weight is 441 g/mol. The molecule has 4 aromatic rings. The van der Waals surface area contributed by atoms with E-state index in [-0.39, 0.29) is 11.7 Å². The number of aryl methyl sites for hydroxylation is 2. The van der Waals surface area contributed by atoms with Crippen molar-refractivity contribution in [3.63, 3.8) is 0 Å². The minimum absolute atomic E-state index is 0.125. The molecule has 0 aliphatic carbocycles. The zero-order valence-corrected chi connectivity index (χ0v) is 18.6. The largest absolute Gasteiger partial charge is 0.352 e. The standard InChI is InChI=1S/C25H24N6O2/c1-17-7-9-18(10-8-17)22(32)19-5-3-4-6-20(19)25(33)31-13-11-30(12-14-31)24-21-15-28-29(2)23(21)26-16-27-24/h3-10,15-16H,11-14H2,1-2H3. The van der Waals surface area contributed by atoms with Crippen LogP contribution in [0.2, 0.25) is 0 Å². The molecule has 8 nitrogen and oxygen atoms in total. The SMILES string of the molecule is Cc1ccc(C(=O)c2ccccc2C(=O)N2CCN(c3ncnc4c3cnn4C)CC2)cc1. The first kappa shape index (κ1) is 20.8. The zero-order chi connectivity index (χ0) is 22.9. The number of aromatic nitrogens is 4. The lowest BCUT2D eigenvalue weighted by Gasteiger charge is -2.35. The molecule has 5 rings (SSSR count). The molecule has 3 heterocycles. The van der Waals surface area contributed by atoms with Gasteiger partial charge in [0.25, 0.3) is 5.91 Å². The smallest absolute Gasteiger partial charge is 0.254 e. The van der Waals surface area contributed by atoms with Gasteiger partial charge in [-0.2, -0.15) is 5.10 Å². The number of anilines is 1. The van der Waals surface area contributed by atoms with Crippen LogP contribution in [-0.2, 0) is 7.05 Å². The van der Waals surface area contributed by atoms with Gasteiger partial charge in [-0.15, -0.1) is 0 Å². The second kappa shape index (κ2) is 8.46. The summed E-state index contributed by atoms with van der Waals surface area (Å²) in [6.45, 7) is 4.34. The van der Waals surface area contributed by atoms with Crippen molar-refractivity contribution in [2.75, 3.05) is 31.1 Å². The van der Waals surface area contributed by atoms with Crippen molar-refractivity contribution in [3.8, 4) is 0 Å². The van der Waals surface area contributed by atoms with Crippen LogP contribution in [0.3, 0.4) is 0 Å². The number of benzene rings is 2. The highest BCUT2D eigenvalue weighted by Crippen LogP contribution is 2.24. The van der Waals surface area contributed by atoms with Crippen molar-refractivity contribution in [2.24, 2.45) is 7.05 Å². The van der Waals surface area contributed by atoms with Gasteiger partial charge >= 0.3 is 0 Å². The highest BCUT2D eigenvalue weighted by molar-refractivity contribution is 6.15. The summed E-state index contributed by atoms with van der Waals surface area (Å²) in [6, 6.07) is 14.5. The van der Waals surface area contributed by atoms with Gasteiger partial charge in [-0.25, -0.2) is 9.97 Å². The average Bonchev–Trinajstić information content (AvgIpc) is 3.24. The van der Waals surface area contributed by atoms with E-state index < -0.39 is 0 Å². The summed E-state index contributed by atoms with van der Waals surface area (Å²) < 4.78 is 1.72. The number of fused-ring (bicyclic) bond motifs is 1. The molecule has 1 saturated heterocycles. The summed E-state index contributed by atoms with van der Waals surface area (Å²) in [7, 11) is 1.85. The lowest BCUT2D eigenvalue weighted by atomic mass is 9.97. The summed E-state index contributed by atoms with van der Waals surface area (Å²) >= 11 is 0. The van der Waals surface area contributed by atoms with E-state index in [0.29, 0.717) is 42.9 Å². The van der Waals surface area contributed by atoms with Crippen molar-refractivity contribution < 1.29 is 9.59 Å². The van der Waals surface area contributed by atoms with Crippen LogP contribution in [0.25, 0.3) is 11.0 Å². The number of carbonyl (C=O) groups excluding carboxylic acids is 2. The number of hydrogen-bond acceptors (Lipinski definition) is 6. The van der Waals surface area contributed by atoms with Gasteiger partial charge in [0, 0.05) is 44.4 Å². The number of rotatable bonds is 4. The molecule has 0 N–H and O–H groups in total. The minimum Gasteiger partial charge on any atom is -0.352 e. The van der Waals surface area contributed by atoms with Crippen LogP contribution in [-0.4, -0.2) is 62.5 Å². The van der Waals surface area contributed by atoms with Crippen molar-refractivity contribution in [1.29, 1.82) is 0 Å². The molecule has 33 heavy (non-hydrogen) atoms. The van der Waals surface area contributed by atoms with Crippen molar-refractivity contribution >= 4 is 28.5 Å². The maximum absolute atomic E-state index is 13.4. The van der Waals surface area contributed by atoms with E-state index in [0.717, 1.165) is 22.4 Å². The molecule has 8 heteroatoms. The summed E-state index contributed by atoms with van der Waals surface area (Å²) in [6.07, 6.45) is 3.32. The van der Waals surface area contributed by atoms with Gasteiger partial charge < -0.3 is 9.80 Å². The third-order valence-corrected chi connectivity index (χ3v) is 6.09. The van der Waals surface area contributed by atoms with Gasteiger partial charge in [0.15, 0.2) is 11.4 Å². The van der Waals surface area contributed by atoms with Gasteiger partial charge in [0.1, 0.15) is 12.1 Å². The maximum Gasteiger partial charge on any atom is 0.254 e. The first-order chi connectivity index (χ1) is 16.0. The van der Waals surface area contributed by atoms with E-state index in [1.54, 1.807) is 58.5 Å². The van der Waals surface area contributed by atoms with Gasteiger partial charge in [0.2, 0.25) is 0 Å². The van der Waals surface area contributed by atoms with E-state index in [1.165, 1.54) is 0 Å². The molecule has 0 spiro atoms. The van der Waals surface area contributed by atoms with E-state index in [1.807, 2.05) is 26.1 Å². The van der Waals surface area contributed by atoms with Crippen molar-refractivity contribution in [2.45, 2.75) is 6.92 Å². The van der Waals surface area contributed by atoms with E-state index in [4.69, 9.17) is 0 Å². The van der Waals surface area contributed by atoms with Crippen LogP contribution in [0, 0.1) is 6.92 Å². The third kappa shape index (κ3) is 3.84. The Labute approximate surface area is 191 Å². The monoisotopic (exact) mass is 440 g/mol. The van der Waals surface area contributed by atoms with Crippen molar-refractivity contribution in [3.05, 3.63) is 83.3 Å². The molecule has 2 aromatic carbocycles. The molecule has 1 aliphatic rings. The topological polar surface area (TPSA) is 84.2 Å². The molecule has 0 atom stereocenters. The Morgan fingerprint density at radius 1 is 0.879 bits per heavy atom. The Bertz CT molecular complexity index is 1340. The molecular weight excluding hydrogens is 416 g/mol. The van der Waals surface area contributed by atoms with Gasteiger partial charge in [0.05, 0.1) is 17.1 Å². The van der Waals surface area contributed by atoms with Crippen LogP contribution in [0.15, 0.2) is 61.1 Å². The lowest BCUT2D eigenvalue weighted by Crippen LogP contribution is -2.49. The van der Waals surface area contributed by atoms with Crippen LogP contribution in [0.5, 0.6) is 0 Å². The van der Waals surface area contributed by atoms with E-state index >= 15 is 0 Å². The predicted octanol–water partition coefficient (Wildman–Crippen LogP) is 2.87. The molecule has 0 saturated carbocycles. The van der Waals surface area contributed by atoms with E-state index in [2.05, 4.69) is 20.0 Å². The molecular formula is C25H24N6O2. The van der Waals surface area contributed by atoms with Crippen LogP contribution in [0.1, 0.15) is 31.8 Å². The van der Waals surface area contributed by atoms with Crippen LogP contribution >= 0.6 is 0 Å². The Morgan fingerprint density at radius 3 is 2.30 bits per heavy atom. The van der Waals surface area contributed by atoms with Crippen molar-refractivity contribution in [1.82, 2.24) is 24.6 Å². The number of piperazine rings is 1. The summed E-state index contributed by atoms with van der Waals surface area (Å²) in [4.78, 5) is 39.2. The number of amides is 1. The molecule has 1 aliphatic heterocycles. The van der Waals surface area contributed by atoms with Gasteiger partial charge in [-0.3, -0.25) is 14.3 Å². The fourth-order valence-electron chi connectivity index (χ4n) is 4.22. The lowest BCUT2D eigenvalue weighted by molar-refractivity contribution is 0.0742. The molecule has 1 amide bonds. The molecule has 166 valence electrons. The number of ketones is 1. The molecule has 0 bridgehead atoms. The highest BCUT2D eigenvalue weighted by atomic mass is 16.2. The Morgan fingerprint density at radius 2 is 1.58 bits per heavy atom. The molecule has 1 fully saturated rings. The molecule has 0 radical (unpaired) electrons. The quantitative estimate of drug-likeness (QED) is 0.454. The summed E-state index contributed by atoms with van der Waals surface area (Å²) in [5.41, 5.74) is 3.31. The van der Waals surface area contributed by atoms with Gasteiger partial charge in [-0.05, 0) is 13.0 Å². The Balaban J connectivity index is 1.34. The fourth-order valence-corrected chi connectivity index (χ4v) is 4.22. The summed E-state index contributed by atoms with van der Waals surface area (Å²) in [5, 5.41) is 5.18. The van der Waals surface area contributed by atoms with Crippen LogP contribution in [0.4, 0.5) is 5.82 Å². The first-order valence-electron chi connectivity index (χ1n) is 10.9. The predicted molar refractivity (Wildman–Crippen MR) is 125 cm³/mol. The number of hydrogen-bond donors (Lipinski definition) is 0. The fraction of sp³-hybridized carbons (Fsp3) is 0.240. The summed E-state index contributed by atoms with van der Waals surface area (Å²) in [5.74, 6) is 0.563. The van der Waals surface area contributed by atoms with E-state index in [9.17, 15) is 9.59 Å². The molecule has 0 unspecified atom stereocenters. The Hall–Kier alpha value is -4.07. The second-order valence-electron chi connectivity index (χ2n) is 8.22. The van der Waals surface area contributed by atoms with Crippen LogP contribution < -0.4 is 4.90 Å². The maximum atomic E-state index is 13.4. The Kier molecular flexibility index (Phi) is 5.34. The zero-order valence-electron chi connectivity index (χ0n) is 18.6. The normalized spacial score (nSPS) is 14.0. The first-order valence-corrected chi connectivity index (χ1v) is 10.9. The number of carbonyl (C=O) groups is 2. The minimum atomic E-state index is -0.141. The highest BCUT2D eigenvalue weighted by Gasteiger charge is 2.27. The van der Waals surface area contributed by atoms with Gasteiger partial charge in [-0.1, -0.05) is 48.0 Å².